The highest BCUT2D eigenvalue weighted by molar-refractivity contribution is 6.06. The monoisotopic (exact) mass is 236 g/mol. The normalized spacial score (nSPS) is 38.2. The SMILES string of the molecule is CC1CCCC1NC1CC(=O)N(C2CC2)C1=O. The number of carbonyl (C=O) groups excluding carboxylic acids is 2. The van der Waals surface area contributed by atoms with Crippen molar-refractivity contribution in [3.63, 3.8) is 0 Å². The molecule has 1 saturated heterocycles. The number of hydrogen-bond donors (Lipinski definition) is 1. The molecule has 4 heteroatoms. The van der Waals surface area contributed by atoms with Crippen LogP contribution in [0.2, 0.25) is 0 Å². The van der Waals surface area contributed by atoms with Crippen molar-refractivity contribution in [1.82, 2.24) is 10.2 Å². The minimum absolute atomic E-state index is 0.0246. The van der Waals surface area contributed by atoms with Gasteiger partial charge in [-0.05, 0) is 31.6 Å². The van der Waals surface area contributed by atoms with E-state index in [9.17, 15) is 9.59 Å². The Bertz CT molecular complexity index is 351. The average Bonchev–Trinajstić information content (AvgIpc) is 2.97. The second-order valence-corrected chi connectivity index (χ2v) is 5.77. The highest BCUT2D eigenvalue weighted by Gasteiger charge is 2.46. The summed E-state index contributed by atoms with van der Waals surface area (Å²) in [5, 5.41) is 3.41. The maximum Gasteiger partial charge on any atom is 0.247 e. The quantitative estimate of drug-likeness (QED) is 0.745. The fourth-order valence-electron chi connectivity index (χ4n) is 3.15. The van der Waals surface area contributed by atoms with E-state index < -0.39 is 0 Å². The van der Waals surface area contributed by atoms with Crippen LogP contribution in [0.15, 0.2) is 0 Å². The molecule has 1 heterocycles. The van der Waals surface area contributed by atoms with Crippen LogP contribution in [0, 0.1) is 5.92 Å². The molecule has 0 aromatic rings. The van der Waals surface area contributed by atoms with Crippen molar-refractivity contribution in [2.24, 2.45) is 5.92 Å². The summed E-state index contributed by atoms with van der Waals surface area (Å²) >= 11 is 0. The molecule has 3 rings (SSSR count). The summed E-state index contributed by atoms with van der Waals surface area (Å²) in [4.78, 5) is 25.4. The predicted octanol–water partition coefficient (Wildman–Crippen LogP) is 1.05. The van der Waals surface area contributed by atoms with Gasteiger partial charge in [0.15, 0.2) is 0 Å². The van der Waals surface area contributed by atoms with E-state index in [0.29, 0.717) is 18.4 Å². The average molecular weight is 236 g/mol. The topological polar surface area (TPSA) is 49.4 Å². The predicted molar refractivity (Wildman–Crippen MR) is 63.2 cm³/mol. The molecule has 17 heavy (non-hydrogen) atoms. The lowest BCUT2D eigenvalue weighted by Crippen LogP contribution is -2.45. The molecule has 1 N–H and O–H groups in total. The van der Waals surface area contributed by atoms with Gasteiger partial charge in [0.25, 0.3) is 0 Å². The van der Waals surface area contributed by atoms with Gasteiger partial charge in [-0.25, -0.2) is 0 Å². The maximum atomic E-state index is 12.1. The number of amides is 2. The number of nitrogens with one attached hydrogen (secondary N) is 1. The van der Waals surface area contributed by atoms with Crippen LogP contribution < -0.4 is 5.32 Å². The van der Waals surface area contributed by atoms with Crippen molar-refractivity contribution in [1.29, 1.82) is 0 Å². The van der Waals surface area contributed by atoms with Gasteiger partial charge in [-0.1, -0.05) is 13.3 Å². The van der Waals surface area contributed by atoms with Crippen LogP contribution in [-0.2, 0) is 9.59 Å². The first kappa shape index (κ1) is 11.2. The maximum absolute atomic E-state index is 12.1. The standard InChI is InChI=1S/C13H20N2O2/c1-8-3-2-4-10(8)14-11-7-12(16)15(13(11)17)9-5-6-9/h8-11,14H,2-7H2,1H3. The number of imide groups is 1. The molecule has 4 nitrogen and oxygen atoms in total. The van der Waals surface area contributed by atoms with Crippen molar-refractivity contribution in [3.05, 3.63) is 0 Å². The molecular weight excluding hydrogens is 216 g/mol. The molecule has 0 aromatic heterocycles. The molecule has 1 aliphatic heterocycles. The number of carbonyl (C=O) groups is 2. The Morgan fingerprint density at radius 2 is 1.94 bits per heavy atom. The van der Waals surface area contributed by atoms with Gasteiger partial charge in [0.1, 0.15) is 0 Å². The molecule has 3 unspecified atom stereocenters. The van der Waals surface area contributed by atoms with Crippen LogP contribution in [0.5, 0.6) is 0 Å². The molecule has 0 radical (unpaired) electrons. The van der Waals surface area contributed by atoms with Crippen molar-refractivity contribution < 1.29 is 9.59 Å². The molecule has 2 saturated carbocycles. The highest BCUT2D eigenvalue weighted by Crippen LogP contribution is 2.32. The van der Waals surface area contributed by atoms with Gasteiger partial charge in [0.05, 0.1) is 12.5 Å². The van der Waals surface area contributed by atoms with Crippen LogP contribution >= 0.6 is 0 Å². The molecule has 0 spiro atoms. The van der Waals surface area contributed by atoms with Crippen LogP contribution in [0.4, 0.5) is 0 Å². The summed E-state index contributed by atoms with van der Waals surface area (Å²) in [5.41, 5.74) is 0. The van der Waals surface area contributed by atoms with Gasteiger partial charge in [-0.15, -0.1) is 0 Å². The third kappa shape index (κ3) is 1.99. The van der Waals surface area contributed by atoms with Gasteiger partial charge in [0, 0.05) is 12.1 Å². The zero-order chi connectivity index (χ0) is 12.0. The Kier molecular flexibility index (Phi) is 2.69. The molecule has 3 fully saturated rings. The Morgan fingerprint density at radius 1 is 1.18 bits per heavy atom. The highest BCUT2D eigenvalue weighted by atomic mass is 16.2. The van der Waals surface area contributed by atoms with E-state index in [-0.39, 0.29) is 23.9 Å². The Hall–Kier alpha value is -0.900. The third-order valence-electron chi connectivity index (χ3n) is 4.37. The van der Waals surface area contributed by atoms with E-state index in [1.807, 2.05) is 0 Å². The minimum Gasteiger partial charge on any atom is -0.302 e. The van der Waals surface area contributed by atoms with Gasteiger partial charge < -0.3 is 5.32 Å². The Morgan fingerprint density at radius 3 is 2.53 bits per heavy atom. The zero-order valence-corrected chi connectivity index (χ0v) is 10.3. The first-order valence-electron chi connectivity index (χ1n) is 6.79. The summed E-state index contributed by atoms with van der Waals surface area (Å²) in [7, 11) is 0. The lowest BCUT2D eigenvalue weighted by molar-refractivity contribution is -0.139. The zero-order valence-electron chi connectivity index (χ0n) is 10.3. The fraction of sp³-hybridized carbons (Fsp3) is 0.846. The van der Waals surface area contributed by atoms with Gasteiger partial charge in [-0.2, -0.15) is 0 Å². The van der Waals surface area contributed by atoms with E-state index in [0.717, 1.165) is 19.3 Å². The number of nitrogens with zero attached hydrogens (tertiary/aromatic N) is 1. The van der Waals surface area contributed by atoms with Gasteiger partial charge in [-0.3, -0.25) is 14.5 Å². The molecule has 2 aliphatic carbocycles. The number of likely N-dealkylation sites (tertiary alicyclic amines) is 1. The minimum atomic E-state index is -0.242. The molecule has 94 valence electrons. The van der Waals surface area contributed by atoms with Crippen LogP contribution in [-0.4, -0.2) is 34.8 Å². The van der Waals surface area contributed by atoms with E-state index >= 15 is 0 Å². The van der Waals surface area contributed by atoms with E-state index in [1.54, 1.807) is 0 Å². The molecule has 3 atom stereocenters. The Labute approximate surface area is 102 Å². The second-order valence-electron chi connectivity index (χ2n) is 5.77. The number of rotatable bonds is 3. The fourth-order valence-corrected chi connectivity index (χ4v) is 3.15. The van der Waals surface area contributed by atoms with Crippen LogP contribution in [0.1, 0.15) is 45.4 Å². The van der Waals surface area contributed by atoms with E-state index in [1.165, 1.54) is 17.7 Å². The van der Waals surface area contributed by atoms with Gasteiger partial charge >= 0.3 is 0 Å². The summed E-state index contributed by atoms with van der Waals surface area (Å²) in [5.74, 6) is 0.685. The van der Waals surface area contributed by atoms with Crippen LogP contribution in [0.3, 0.4) is 0 Å². The second kappa shape index (κ2) is 4.09. The summed E-state index contributed by atoms with van der Waals surface area (Å²) in [6, 6.07) is 0.410. The largest absolute Gasteiger partial charge is 0.302 e. The molecular formula is C13H20N2O2. The molecule has 3 aliphatic rings. The lowest BCUT2D eigenvalue weighted by Gasteiger charge is -2.21. The van der Waals surface area contributed by atoms with Gasteiger partial charge in [0.2, 0.25) is 11.8 Å². The molecule has 0 bridgehead atoms. The smallest absolute Gasteiger partial charge is 0.247 e. The van der Waals surface area contributed by atoms with Crippen molar-refractivity contribution >= 4 is 11.8 Å². The summed E-state index contributed by atoms with van der Waals surface area (Å²) < 4.78 is 0. The molecule has 2 amide bonds. The first-order valence-corrected chi connectivity index (χ1v) is 6.79. The van der Waals surface area contributed by atoms with Crippen LogP contribution in [0.25, 0.3) is 0 Å². The molecule has 0 aromatic carbocycles. The third-order valence-corrected chi connectivity index (χ3v) is 4.37. The van der Waals surface area contributed by atoms with Crippen molar-refractivity contribution in [2.45, 2.75) is 63.6 Å². The number of hydrogen-bond acceptors (Lipinski definition) is 3. The van der Waals surface area contributed by atoms with Crippen molar-refractivity contribution in [3.8, 4) is 0 Å². The summed E-state index contributed by atoms with van der Waals surface area (Å²) in [6.07, 6.45) is 5.99. The van der Waals surface area contributed by atoms with E-state index in [2.05, 4.69) is 12.2 Å². The van der Waals surface area contributed by atoms with E-state index in [4.69, 9.17) is 0 Å². The lowest BCUT2D eigenvalue weighted by atomic mass is 10.1. The first-order chi connectivity index (χ1) is 8.16. The van der Waals surface area contributed by atoms with Crippen molar-refractivity contribution in [2.75, 3.05) is 0 Å². The Balaban J connectivity index is 1.64. The summed E-state index contributed by atoms with van der Waals surface area (Å²) in [6.45, 7) is 2.23.